The molecule has 0 saturated carbocycles. The molecule has 50 heavy (non-hydrogen) atoms. The molecular formula is C45H80O5. The van der Waals surface area contributed by atoms with Gasteiger partial charge in [-0.15, -0.1) is 0 Å². The molecule has 0 amide bonds. The Kier molecular flexibility index (Phi) is 39.5. The summed E-state index contributed by atoms with van der Waals surface area (Å²) in [5, 5.41) is 9.57. The van der Waals surface area contributed by atoms with Crippen molar-refractivity contribution in [3.8, 4) is 0 Å². The molecule has 0 aliphatic carbocycles. The Morgan fingerprint density at radius 3 is 1.18 bits per heavy atom. The van der Waals surface area contributed by atoms with Gasteiger partial charge in [0.1, 0.15) is 6.61 Å². The number of allylic oxidation sites excluding steroid dienone is 8. The van der Waals surface area contributed by atoms with E-state index in [1.54, 1.807) is 0 Å². The van der Waals surface area contributed by atoms with Crippen LogP contribution < -0.4 is 0 Å². The Hall–Kier alpha value is -2.14. The highest BCUT2D eigenvalue weighted by Gasteiger charge is 2.16. The zero-order valence-corrected chi connectivity index (χ0v) is 32.9. The molecule has 1 atom stereocenters. The minimum absolute atomic E-state index is 0.0715. The van der Waals surface area contributed by atoms with Crippen LogP contribution in [0.2, 0.25) is 0 Å². The van der Waals surface area contributed by atoms with E-state index in [-0.39, 0.29) is 25.2 Å². The summed E-state index contributed by atoms with van der Waals surface area (Å²) in [5.41, 5.74) is 0. The van der Waals surface area contributed by atoms with Gasteiger partial charge in [-0.05, 0) is 77.0 Å². The fourth-order valence-corrected chi connectivity index (χ4v) is 5.85. The standard InChI is InChI=1S/C45H80O5/c1-3-5-7-9-11-13-15-17-19-21-22-24-25-27-29-31-33-35-37-39-44(47)49-42-43(41-46)50-45(48)40-38-36-34-32-30-28-26-23-20-18-16-14-12-10-8-6-4-2/h11-14,17-20,43,46H,3-10,15-16,21-42H2,1-2H3/b13-11+,14-12+,19-17+,20-18+/t43-/m0/s1. The van der Waals surface area contributed by atoms with Gasteiger partial charge < -0.3 is 14.6 Å². The van der Waals surface area contributed by atoms with Crippen molar-refractivity contribution in [1.82, 2.24) is 0 Å². The van der Waals surface area contributed by atoms with Gasteiger partial charge in [-0.2, -0.15) is 0 Å². The minimum Gasteiger partial charge on any atom is -0.462 e. The molecule has 5 heteroatoms. The Morgan fingerprint density at radius 2 is 0.800 bits per heavy atom. The fraction of sp³-hybridized carbons (Fsp3) is 0.778. The summed E-state index contributed by atoms with van der Waals surface area (Å²) in [6, 6.07) is 0. The highest BCUT2D eigenvalue weighted by molar-refractivity contribution is 5.70. The van der Waals surface area contributed by atoms with Crippen molar-refractivity contribution in [2.45, 2.75) is 213 Å². The van der Waals surface area contributed by atoms with E-state index in [2.05, 4.69) is 62.5 Å². The lowest BCUT2D eigenvalue weighted by molar-refractivity contribution is -0.161. The first-order valence-corrected chi connectivity index (χ1v) is 21.2. The molecule has 5 nitrogen and oxygen atoms in total. The van der Waals surface area contributed by atoms with E-state index in [0.29, 0.717) is 12.8 Å². The average Bonchev–Trinajstić information content (AvgIpc) is 3.12. The fourth-order valence-electron chi connectivity index (χ4n) is 5.85. The number of esters is 2. The van der Waals surface area contributed by atoms with Crippen molar-refractivity contribution < 1.29 is 24.2 Å². The van der Waals surface area contributed by atoms with E-state index in [1.165, 1.54) is 122 Å². The van der Waals surface area contributed by atoms with E-state index < -0.39 is 6.10 Å². The summed E-state index contributed by atoms with van der Waals surface area (Å²) >= 11 is 0. The summed E-state index contributed by atoms with van der Waals surface area (Å²) < 4.78 is 10.6. The molecule has 0 saturated heterocycles. The molecule has 0 aromatic heterocycles. The van der Waals surface area contributed by atoms with E-state index in [4.69, 9.17) is 9.47 Å². The number of carbonyl (C=O) groups is 2. The molecule has 0 unspecified atom stereocenters. The van der Waals surface area contributed by atoms with Crippen molar-refractivity contribution in [2.24, 2.45) is 0 Å². The van der Waals surface area contributed by atoms with E-state index in [0.717, 1.165) is 57.8 Å². The molecule has 1 N–H and O–H groups in total. The maximum atomic E-state index is 12.2. The molecule has 0 radical (unpaired) electrons. The second-order valence-electron chi connectivity index (χ2n) is 14.1. The summed E-state index contributed by atoms with van der Waals surface area (Å²) in [4.78, 5) is 24.3. The lowest BCUT2D eigenvalue weighted by Gasteiger charge is -2.15. The van der Waals surface area contributed by atoms with Gasteiger partial charge in [-0.1, -0.05) is 165 Å². The maximum Gasteiger partial charge on any atom is 0.306 e. The quantitative estimate of drug-likeness (QED) is 0.0394. The number of carbonyl (C=O) groups excluding carboxylic acids is 2. The molecule has 0 rings (SSSR count). The molecule has 0 aromatic rings. The summed E-state index contributed by atoms with van der Waals surface area (Å²) in [6.45, 7) is 4.08. The number of unbranched alkanes of at least 4 members (excludes halogenated alkanes) is 22. The monoisotopic (exact) mass is 701 g/mol. The predicted octanol–water partition coefficient (Wildman–Crippen LogP) is 13.4. The zero-order chi connectivity index (χ0) is 36.4. The second-order valence-corrected chi connectivity index (χ2v) is 14.1. The van der Waals surface area contributed by atoms with Gasteiger partial charge in [-0.3, -0.25) is 9.59 Å². The highest BCUT2D eigenvalue weighted by atomic mass is 16.6. The first-order valence-electron chi connectivity index (χ1n) is 21.2. The van der Waals surface area contributed by atoms with Gasteiger partial charge in [-0.25, -0.2) is 0 Å². The van der Waals surface area contributed by atoms with Crippen LogP contribution in [0.5, 0.6) is 0 Å². The van der Waals surface area contributed by atoms with Crippen molar-refractivity contribution >= 4 is 11.9 Å². The molecule has 0 fully saturated rings. The normalized spacial score (nSPS) is 12.6. The van der Waals surface area contributed by atoms with Crippen molar-refractivity contribution in [3.63, 3.8) is 0 Å². The third kappa shape index (κ3) is 38.7. The first kappa shape index (κ1) is 47.9. The lowest BCUT2D eigenvalue weighted by atomic mass is 10.1. The third-order valence-electron chi connectivity index (χ3n) is 9.10. The SMILES string of the molecule is CCCCC/C=C/C/C=C/CCCCCCCCCCCC(=O)OC[C@H](CO)OC(=O)CCCCCCCCC/C=C/C/C=C/CCCCC. The Bertz CT molecular complexity index is 842. The van der Waals surface area contributed by atoms with Crippen molar-refractivity contribution in [3.05, 3.63) is 48.6 Å². The van der Waals surface area contributed by atoms with E-state index in [1.807, 2.05) is 0 Å². The number of aliphatic hydroxyl groups is 1. The molecule has 0 aliphatic rings. The van der Waals surface area contributed by atoms with Gasteiger partial charge in [0.25, 0.3) is 0 Å². The Morgan fingerprint density at radius 1 is 0.460 bits per heavy atom. The van der Waals surface area contributed by atoms with Gasteiger partial charge in [0, 0.05) is 12.8 Å². The molecule has 0 bridgehead atoms. The summed E-state index contributed by atoms with van der Waals surface area (Å²) in [5.74, 6) is -0.603. The van der Waals surface area contributed by atoms with Crippen LogP contribution >= 0.6 is 0 Å². The average molecular weight is 701 g/mol. The molecule has 0 aliphatic heterocycles. The van der Waals surface area contributed by atoms with Gasteiger partial charge in [0.2, 0.25) is 0 Å². The number of rotatable bonds is 38. The summed E-state index contributed by atoms with van der Waals surface area (Å²) in [7, 11) is 0. The smallest absolute Gasteiger partial charge is 0.306 e. The zero-order valence-electron chi connectivity index (χ0n) is 32.9. The number of aliphatic hydroxyl groups excluding tert-OH is 1. The Labute approximate surface area is 309 Å². The number of hydrogen-bond donors (Lipinski definition) is 1. The largest absolute Gasteiger partial charge is 0.462 e. The minimum atomic E-state index is -0.777. The second kappa shape index (κ2) is 41.3. The summed E-state index contributed by atoms with van der Waals surface area (Å²) in [6.07, 6.45) is 51.7. The van der Waals surface area contributed by atoms with Gasteiger partial charge in [0.15, 0.2) is 6.10 Å². The van der Waals surface area contributed by atoms with Crippen molar-refractivity contribution in [1.29, 1.82) is 0 Å². The van der Waals surface area contributed by atoms with Crippen molar-refractivity contribution in [2.75, 3.05) is 13.2 Å². The molecule has 290 valence electrons. The number of hydrogen-bond acceptors (Lipinski definition) is 5. The van der Waals surface area contributed by atoms with Gasteiger partial charge in [0.05, 0.1) is 6.61 Å². The predicted molar refractivity (Wildman–Crippen MR) is 214 cm³/mol. The van der Waals surface area contributed by atoms with Gasteiger partial charge >= 0.3 is 11.9 Å². The van der Waals surface area contributed by atoms with Crippen LogP contribution in [0, 0.1) is 0 Å². The van der Waals surface area contributed by atoms with E-state index >= 15 is 0 Å². The van der Waals surface area contributed by atoms with Crippen LogP contribution in [0.4, 0.5) is 0 Å². The van der Waals surface area contributed by atoms with Crippen LogP contribution in [0.25, 0.3) is 0 Å². The van der Waals surface area contributed by atoms with Crippen LogP contribution in [-0.4, -0.2) is 36.4 Å². The van der Waals surface area contributed by atoms with E-state index in [9.17, 15) is 14.7 Å². The Balaban J connectivity index is 3.56. The number of ether oxygens (including phenoxy) is 2. The maximum absolute atomic E-state index is 12.2. The van der Waals surface area contributed by atoms with Crippen LogP contribution in [0.1, 0.15) is 206 Å². The molecule has 0 aromatic carbocycles. The van der Waals surface area contributed by atoms with Crippen LogP contribution in [-0.2, 0) is 19.1 Å². The first-order chi connectivity index (χ1) is 24.6. The highest BCUT2D eigenvalue weighted by Crippen LogP contribution is 2.13. The topological polar surface area (TPSA) is 72.8 Å². The third-order valence-corrected chi connectivity index (χ3v) is 9.10. The molecular weight excluding hydrogens is 620 g/mol. The molecule has 0 spiro atoms. The lowest BCUT2D eigenvalue weighted by Crippen LogP contribution is -2.28. The van der Waals surface area contributed by atoms with Crippen LogP contribution in [0.3, 0.4) is 0 Å². The molecule has 0 heterocycles. The van der Waals surface area contributed by atoms with Crippen LogP contribution in [0.15, 0.2) is 48.6 Å².